The van der Waals surface area contributed by atoms with Gasteiger partial charge in [-0.05, 0) is 107 Å². The Balaban J connectivity index is 1.53. The highest BCUT2D eigenvalue weighted by Crippen LogP contribution is 2.37. The standard InChI is InChI=1S/C26H22FIN2O4S/c1-3-33-22-13-17(12-21(28)24(22)34-15-16-4-6-18(27)7-5-16)14-23-25(31)30-26(35-23)29-19-8-10-20(32-2)11-9-19/h4-14H,3,15H2,1-2H3,(H,29,30,31)/b23-14+. The van der Waals surface area contributed by atoms with Crippen LogP contribution in [-0.4, -0.2) is 24.8 Å². The topological polar surface area (TPSA) is 69.2 Å². The van der Waals surface area contributed by atoms with Crippen molar-refractivity contribution < 1.29 is 23.4 Å². The van der Waals surface area contributed by atoms with Gasteiger partial charge >= 0.3 is 0 Å². The fourth-order valence-electron chi connectivity index (χ4n) is 3.22. The Hall–Kier alpha value is -3.05. The van der Waals surface area contributed by atoms with Crippen LogP contribution in [0.25, 0.3) is 6.08 Å². The van der Waals surface area contributed by atoms with Crippen LogP contribution >= 0.6 is 34.4 Å². The molecule has 35 heavy (non-hydrogen) atoms. The second-order valence-electron chi connectivity index (χ2n) is 7.36. The number of hydrogen-bond acceptors (Lipinski definition) is 6. The number of halogens is 2. The van der Waals surface area contributed by atoms with Gasteiger partial charge in [-0.25, -0.2) is 9.38 Å². The lowest BCUT2D eigenvalue weighted by Gasteiger charge is -2.15. The first-order chi connectivity index (χ1) is 16.9. The minimum absolute atomic E-state index is 0.216. The number of aliphatic imine (C=N–C) groups is 1. The van der Waals surface area contributed by atoms with Gasteiger partial charge in [0.15, 0.2) is 16.7 Å². The fourth-order valence-corrected chi connectivity index (χ4v) is 4.84. The molecule has 1 N–H and O–H groups in total. The van der Waals surface area contributed by atoms with E-state index in [1.165, 1.54) is 23.9 Å². The molecule has 3 aromatic carbocycles. The average molecular weight is 604 g/mol. The Morgan fingerprint density at radius 2 is 1.83 bits per heavy atom. The van der Waals surface area contributed by atoms with Crippen LogP contribution in [0.3, 0.4) is 0 Å². The number of amidine groups is 1. The molecule has 0 aromatic heterocycles. The van der Waals surface area contributed by atoms with Crippen molar-refractivity contribution in [2.75, 3.05) is 13.7 Å². The summed E-state index contributed by atoms with van der Waals surface area (Å²) in [6.45, 7) is 2.63. The van der Waals surface area contributed by atoms with Gasteiger partial charge in [-0.1, -0.05) is 12.1 Å². The van der Waals surface area contributed by atoms with E-state index >= 15 is 0 Å². The van der Waals surface area contributed by atoms with Gasteiger partial charge in [0.1, 0.15) is 18.2 Å². The molecule has 0 aliphatic carbocycles. The molecule has 0 radical (unpaired) electrons. The average Bonchev–Trinajstić information content (AvgIpc) is 3.18. The maximum absolute atomic E-state index is 13.2. The van der Waals surface area contributed by atoms with Gasteiger partial charge in [0.2, 0.25) is 0 Å². The fraction of sp³-hybridized carbons (Fsp3) is 0.154. The monoisotopic (exact) mass is 604 g/mol. The van der Waals surface area contributed by atoms with Crippen LogP contribution in [0.2, 0.25) is 0 Å². The smallest absolute Gasteiger partial charge is 0.264 e. The molecule has 0 bridgehead atoms. The summed E-state index contributed by atoms with van der Waals surface area (Å²) in [5.74, 6) is 1.41. The number of nitrogens with zero attached hydrogens (tertiary/aromatic N) is 1. The summed E-state index contributed by atoms with van der Waals surface area (Å²) >= 11 is 3.45. The third kappa shape index (κ3) is 6.55. The van der Waals surface area contributed by atoms with E-state index in [-0.39, 0.29) is 18.3 Å². The Morgan fingerprint density at radius 1 is 1.09 bits per heavy atom. The third-order valence-electron chi connectivity index (χ3n) is 4.88. The summed E-state index contributed by atoms with van der Waals surface area (Å²) in [5.41, 5.74) is 2.36. The maximum atomic E-state index is 13.2. The Labute approximate surface area is 220 Å². The van der Waals surface area contributed by atoms with Crippen molar-refractivity contribution >= 4 is 57.2 Å². The Bertz CT molecular complexity index is 1280. The lowest BCUT2D eigenvalue weighted by molar-refractivity contribution is -0.115. The zero-order chi connectivity index (χ0) is 24.8. The highest BCUT2D eigenvalue weighted by Gasteiger charge is 2.24. The third-order valence-corrected chi connectivity index (χ3v) is 6.59. The first-order valence-electron chi connectivity index (χ1n) is 10.7. The summed E-state index contributed by atoms with van der Waals surface area (Å²) in [5, 5.41) is 3.30. The first kappa shape index (κ1) is 25.1. The van der Waals surface area contributed by atoms with Gasteiger partial charge < -0.3 is 19.5 Å². The molecule has 0 spiro atoms. The molecule has 6 nitrogen and oxygen atoms in total. The van der Waals surface area contributed by atoms with Crippen molar-refractivity contribution in [3.63, 3.8) is 0 Å². The highest BCUT2D eigenvalue weighted by atomic mass is 127. The summed E-state index contributed by atoms with van der Waals surface area (Å²) in [4.78, 5) is 17.6. The van der Waals surface area contributed by atoms with Crippen LogP contribution in [0.1, 0.15) is 18.1 Å². The van der Waals surface area contributed by atoms with E-state index < -0.39 is 0 Å². The first-order valence-corrected chi connectivity index (χ1v) is 12.6. The number of carbonyl (C=O) groups is 1. The predicted octanol–water partition coefficient (Wildman–Crippen LogP) is 6.31. The van der Waals surface area contributed by atoms with Gasteiger partial charge in [-0.15, -0.1) is 0 Å². The van der Waals surface area contributed by atoms with Gasteiger partial charge in [-0.2, -0.15) is 0 Å². The number of nitrogens with one attached hydrogen (secondary N) is 1. The Kier molecular flexibility index (Phi) is 8.29. The molecular formula is C26H22FIN2O4S. The van der Waals surface area contributed by atoms with E-state index in [4.69, 9.17) is 14.2 Å². The molecule has 1 aliphatic rings. The quantitative estimate of drug-likeness (QED) is 0.241. The molecule has 4 rings (SSSR count). The molecule has 1 saturated heterocycles. The van der Waals surface area contributed by atoms with E-state index in [1.54, 1.807) is 25.3 Å². The van der Waals surface area contributed by atoms with Crippen molar-refractivity contribution in [1.29, 1.82) is 0 Å². The van der Waals surface area contributed by atoms with Crippen LogP contribution in [0.15, 0.2) is 70.6 Å². The van der Waals surface area contributed by atoms with Gasteiger partial charge in [0.05, 0.1) is 27.9 Å². The van der Waals surface area contributed by atoms with E-state index in [0.29, 0.717) is 33.9 Å². The van der Waals surface area contributed by atoms with E-state index in [1.807, 2.05) is 43.3 Å². The molecule has 180 valence electrons. The van der Waals surface area contributed by atoms with Crippen LogP contribution < -0.4 is 19.5 Å². The van der Waals surface area contributed by atoms with Crippen molar-refractivity contribution in [2.45, 2.75) is 13.5 Å². The number of ether oxygens (including phenoxy) is 3. The van der Waals surface area contributed by atoms with Crippen molar-refractivity contribution in [3.05, 3.63) is 86.1 Å². The minimum Gasteiger partial charge on any atom is -0.497 e. The molecule has 0 saturated carbocycles. The minimum atomic E-state index is -0.290. The summed E-state index contributed by atoms with van der Waals surface area (Å²) < 4.78 is 31.0. The van der Waals surface area contributed by atoms with Crippen LogP contribution in [-0.2, 0) is 11.4 Å². The van der Waals surface area contributed by atoms with E-state index in [2.05, 4.69) is 32.9 Å². The number of carbonyl (C=O) groups excluding carboxylic acids is 1. The van der Waals surface area contributed by atoms with Crippen molar-refractivity contribution in [1.82, 2.24) is 5.32 Å². The molecule has 0 atom stereocenters. The maximum Gasteiger partial charge on any atom is 0.264 e. The van der Waals surface area contributed by atoms with Crippen molar-refractivity contribution in [3.8, 4) is 17.2 Å². The molecule has 1 fully saturated rings. The number of hydrogen-bond donors (Lipinski definition) is 1. The SMILES string of the molecule is CCOc1cc(/C=C2/SC(=Nc3ccc(OC)cc3)NC2=O)cc(I)c1OCc1ccc(F)cc1. The number of methoxy groups -OCH3 is 1. The largest absolute Gasteiger partial charge is 0.497 e. The van der Waals surface area contributed by atoms with Gasteiger partial charge in [-0.3, -0.25) is 4.79 Å². The molecule has 0 unspecified atom stereocenters. The number of rotatable bonds is 8. The second kappa shape index (κ2) is 11.6. The zero-order valence-electron chi connectivity index (χ0n) is 19.0. The molecule has 1 amide bonds. The summed E-state index contributed by atoms with van der Waals surface area (Å²) in [6.07, 6.45) is 1.80. The lowest BCUT2D eigenvalue weighted by Crippen LogP contribution is -2.19. The summed E-state index contributed by atoms with van der Waals surface area (Å²) in [7, 11) is 1.60. The number of benzene rings is 3. The van der Waals surface area contributed by atoms with Gasteiger partial charge in [0.25, 0.3) is 5.91 Å². The highest BCUT2D eigenvalue weighted by molar-refractivity contribution is 14.1. The normalized spacial score (nSPS) is 15.4. The zero-order valence-corrected chi connectivity index (χ0v) is 22.0. The molecule has 1 heterocycles. The number of amides is 1. The van der Waals surface area contributed by atoms with Crippen LogP contribution in [0.5, 0.6) is 17.2 Å². The molecule has 1 aliphatic heterocycles. The molecule has 9 heteroatoms. The predicted molar refractivity (Wildman–Crippen MR) is 145 cm³/mol. The van der Waals surface area contributed by atoms with E-state index in [9.17, 15) is 9.18 Å². The van der Waals surface area contributed by atoms with Crippen LogP contribution in [0, 0.1) is 9.39 Å². The van der Waals surface area contributed by atoms with Gasteiger partial charge in [0, 0.05) is 0 Å². The second-order valence-corrected chi connectivity index (χ2v) is 9.55. The number of thioether (sulfide) groups is 1. The van der Waals surface area contributed by atoms with E-state index in [0.717, 1.165) is 20.4 Å². The molecular weight excluding hydrogens is 582 g/mol. The summed E-state index contributed by atoms with van der Waals surface area (Å²) in [6, 6.07) is 17.2. The van der Waals surface area contributed by atoms with Crippen LogP contribution in [0.4, 0.5) is 10.1 Å². The lowest BCUT2D eigenvalue weighted by atomic mass is 10.1. The van der Waals surface area contributed by atoms with Crippen molar-refractivity contribution in [2.24, 2.45) is 4.99 Å². The Morgan fingerprint density at radius 3 is 2.51 bits per heavy atom. The molecule has 3 aromatic rings.